The molecule has 0 saturated carbocycles. The second-order valence-corrected chi connectivity index (χ2v) is 3.60. The summed E-state index contributed by atoms with van der Waals surface area (Å²) in [7, 11) is 1.21. The number of rotatable bonds is 4. The highest BCUT2D eigenvalue weighted by atomic mass is 16.6. The van der Waals surface area contributed by atoms with E-state index in [0.29, 0.717) is 0 Å². The Labute approximate surface area is 98.3 Å². The molecule has 0 spiro atoms. The molecule has 17 heavy (non-hydrogen) atoms. The molecule has 0 unspecified atom stereocenters. The van der Waals surface area contributed by atoms with E-state index in [1.807, 2.05) is 0 Å². The molecule has 92 valence electrons. The summed E-state index contributed by atoms with van der Waals surface area (Å²) in [4.78, 5) is 21.5. The third-order valence-electron chi connectivity index (χ3n) is 1.94. The van der Waals surface area contributed by atoms with Crippen LogP contribution in [0.5, 0.6) is 5.75 Å². The van der Waals surface area contributed by atoms with Crippen LogP contribution in [0, 0.1) is 10.1 Å². The van der Waals surface area contributed by atoms with Gasteiger partial charge in [-0.1, -0.05) is 0 Å². The quantitative estimate of drug-likeness (QED) is 0.457. The van der Waals surface area contributed by atoms with Crippen LogP contribution >= 0.6 is 0 Å². The molecule has 0 aliphatic heterocycles. The van der Waals surface area contributed by atoms with Crippen molar-refractivity contribution in [1.29, 1.82) is 0 Å². The summed E-state index contributed by atoms with van der Waals surface area (Å²) in [5.41, 5.74) is -0.128. The number of nitrogens with zero attached hydrogens (tertiary/aromatic N) is 1. The number of benzene rings is 1. The molecule has 0 bridgehead atoms. The number of nitro groups is 1. The van der Waals surface area contributed by atoms with Gasteiger partial charge < -0.3 is 9.47 Å². The molecule has 0 aliphatic rings. The van der Waals surface area contributed by atoms with E-state index in [-0.39, 0.29) is 23.1 Å². The van der Waals surface area contributed by atoms with Crippen LogP contribution < -0.4 is 4.74 Å². The average molecular weight is 239 g/mol. The predicted molar refractivity (Wildman–Crippen MR) is 60.2 cm³/mol. The summed E-state index contributed by atoms with van der Waals surface area (Å²) in [5.74, 6) is -0.387. The van der Waals surface area contributed by atoms with Crippen LogP contribution in [0.15, 0.2) is 18.2 Å². The summed E-state index contributed by atoms with van der Waals surface area (Å²) >= 11 is 0. The molecule has 1 aromatic carbocycles. The van der Waals surface area contributed by atoms with E-state index < -0.39 is 10.9 Å². The first-order chi connectivity index (χ1) is 7.95. The van der Waals surface area contributed by atoms with Crippen LogP contribution in [-0.4, -0.2) is 24.1 Å². The van der Waals surface area contributed by atoms with Crippen LogP contribution in [0.1, 0.15) is 24.2 Å². The lowest BCUT2D eigenvalue weighted by Crippen LogP contribution is -2.11. The van der Waals surface area contributed by atoms with E-state index in [1.54, 1.807) is 13.8 Å². The molecule has 0 radical (unpaired) electrons. The average Bonchev–Trinajstić information content (AvgIpc) is 2.27. The van der Waals surface area contributed by atoms with Gasteiger partial charge in [-0.2, -0.15) is 0 Å². The molecule has 0 heterocycles. The number of methoxy groups -OCH3 is 1. The maximum atomic E-state index is 11.5. The number of ether oxygens (including phenoxy) is 2. The van der Waals surface area contributed by atoms with Crippen molar-refractivity contribution in [3.05, 3.63) is 33.9 Å². The number of nitro benzene ring substituents is 1. The Balaban J connectivity index is 3.21. The number of non-ortho nitro benzene ring substituents is 1. The lowest BCUT2D eigenvalue weighted by atomic mass is 10.2. The normalized spacial score (nSPS) is 10.1. The predicted octanol–water partition coefficient (Wildman–Crippen LogP) is 2.17. The van der Waals surface area contributed by atoms with Crippen molar-refractivity contribution in [1.82, 2.24) is 0 Å². The van der Waals surface area contributed by atoms with Crippen LogP contribution in [0.4, 0.5) is 5.69 Å². The van der Waals surface area contributed by atoms with E-state index in [9.17, 15) is 14.9 Å². The minimum atomic E-state index is -0.663. The zero-order valence-corrected chi connectivity index (χ0v) is 9.80. The molecule has 0 aromatic heterocycles. The zero-order valence-electron chi connectivity index (χ0n) is 9.80. The monoisotopic (exact) mass is 239 g/mol. The largest absolute Gasteiger partial charge is 0.490 e. The highest BCUT2D eigenvalue weighted by molar-refractivity contribution is 5.93. The maximum Gasteiger partial charge on any atom is 0.341 e. The molecule has 0 saturated heterocycles. The Hall–Kier alpha value is -2.11. The lowest BCUT2D eigenvalue weighted by molar-refractivity contribution is -0.384. The van der Waals surface area contributed by atoms with E-state index in [1.165, 1.54) is 19.2 Å². The highest BCUT2D eigenvalue weighted by Crippen LogP contribution is 2.25. The van der Waals surface area contributed by atoms with Crippen molar-refractivity contribution in [3.63, 3.8) is 0 Å². The van der Waals surface area contributed by atoms with Gasteiger partial charge in [0.15, 0.2) is 0 Å². The van der Waals surface area contributed by atoms with Gasteiger partial charge in [-0.3, -0.25) is 10.1 Å². The summed E-state index contributed by atoms with van der Waals surface area (Å²) < 4.78 is 9.93. The summed E-state index contributed by atoms with van der Waals surface area (Å²) in [6, 6.07) is 3.82. The first kappa shape index (κ1) is 13.0. The Morgan fingerprint density at radius 1 is 1.41 bits per heavy atom. The fourth-order valence-corrected chi connectivity index (χ4v) is 1.26. The van der Waals surface area contributed by atoms with Crippen LogP contribution in [0.3, 0.4) is 0 Å². The molecular formula is C11H13NO5. The molecule has 1 rings (SSSR count). The van der Waals surface area contributed by atoms with Gasteiger partial charge in [0.05, 0.1) is 18.1 Å². The van der Waals surface area contributed by atoms with Gasteiger partial charge >= 0.3 is 5.97 Å². The first-order valence-electron chi connectivity index (χ1n) is 4.99. The third-order valence-corrected chi connectivity index (χ3v) is 1.94. The lowest BCUT2D eigenvalue weighted by Gasteiger charge is -2.12. The molecule has 6 heteroatoms. The van der Waals surface area contributed by atoms with Crippen molar-refractivity contribution < 1.29 is 19.2 Å². The summed E-state index contributed by atoms with van der Waals surface area (Å²) in [6.07, 6.45) is -0.139. The number of esters is 1. The number of carbonyl (C=O) groups is 1. The molecule has 1 aromatic rings. The Morgan fingerprint density at radius 3 is 2.53 bits per heavy atom. The van der Waals surface area contributed by atoms with Gasteiger partial charge in [-0.25, -0.2) is 4.79 Å². The highest BCUT2D eigenvalue weighted by Gasteiger charge is 2.18. The van der Waals surface area contributed by atoms with E-state index in [2.05, 4.69) is 4.74 Å². The standard InChI is InChI=1S/C11H13NO5/c1-7(2)17-10-5-4-8(12(14)15)6-9(10)11(13)16-3/h4-7H,1-3H3. The van der Waals surface area contributed by atoms with E-state index in [4.69, 9.17) is 4.74 Å². The molecule has 6 nitrogen and oxygen atoms in total. The van der Waals surface area contributed by atoms with Gasteiger partial charge in [0.1, 0.15) is 11.3 Å². The van der Waals surface area contributed by atoms with Crippen LogP contribution in [0.25, 0.3) is 0 Å². The minimum Gasteiger partial charge on any atom is -0.490 e. The van der Waals surface area contributed by atoms with Crippen molar-refractivity contribution in [3.8, 4) is 5.75 Å². The number of hydrogen-bond acceptors (Lipinski definition) is 5. The van der Waals surface area contributed by atoms with Gasteiger partial charge in [-0.15, -0.1) is 0 Å². The zero-order chi connectivity index (χ0) is 13.0. The summed E-state index contributed by atoms with van der Waals surface area (Å²) in [5, 5.41) is 10.6. The SMILES string of the molecule is COC(=O)c1cc([N+](=O)[O-])ccc1OC(C)C. The van der Waals surface area contributed by atoms with E-state index >= 15 is 0 Å². The Morgan fingerprint density at radius 2 is 2.06 bits per heavy atom. The van der Waals surface area contributed by atoms with Crippen molar-refractivity contribution in [2.45, 2.75) is 20.0 Å². The van der Waals surface area contributed by atoms with Crippen LogP contribution in [0.2, 0.25) is 0 Å². The van der Waals surface area contributed by atoms with Crippen molar-refractivity contribution in [2.75, 3.05) is 7.11 Å². The van der Waals surface area contributed by atoms with Crippen molar-refractivity contribution >= 4 is 11.7 Å². The van der Waals surface area contributed by atoms with E-state index in [0.717, 1.165) is 6.07 Å². The molecule has 0 fully saturated rings. The van der Waals surface area contributed by atoms with Gasteiger partial charge in [0, 0.05) is 12.1 Å². The summed E-state index contributed by atoms with van der Waals surface area (Å²) in [6.45, 7) is 3.59. The number of carbonyl (C=O) groups excluding carboxylic acids is 1. The third kappa shape index (κ3) is 3.17. The minimum absolute atomic E-state index is 0.0513. The number of hydrogen-bond donors (Lipinski definition) is 0. The molecular weight excluding hydrogens is 226 g/mol. The fourth-order valence-electron chi connectivity index (χ4n) is 1.26. The second kappa shape index (κ2) is 5.29. The fraction of sp³-hybridized carbons (Fsp3) is 0.364. The Bertz CT molecular complexity index is 441. The van der Waals surface area contributed by atoms with Crippen LogP contribution in [-0.2, 0) is 4.74 Å². The second-order valence-electron chi connectivity index (χ2n) is 3.60. The smallest absolute Gasteiger partial charge is 0.341 e. The Kier molecular flexibility index (Phi) is 4.03. The first-order valence-corrected chi connectivity index (χ1v) is 4.99. The van der Waals surface area contributed by atoms with Gasteiger partial charge in [-0.05, 0) is 19.9 Å². The van der Waals surface area contributed by atoms with Gasteiger partial charge in [0.25, 0.3) is 5.69 Å². The van der Waals surface area contributed by atoms with Gasteiger partial charge in [0.2, 0.25) is 0 Å². The topological polar surface area (TPSA) is 78.7 Å². The van der Waals surface area contributed by atoms with Crippen molar-refractivity contribution in [2.24, 2.45) is 0 Å². The molecule has 0 N–H and O–H groups in total. The molecule has 0 atom stereocenters. The molecule has 0 aliphatic carbocycles. The maximum absolute atomic E-state index is 11.5. The molecule has 0 amide bonds.